The summed E-state index contributed by atoms with van der Waals surface area (Å²) in [5, 5.41) is 2.72. The second-order valence-electron chi connectivity index (χ2n) is 9.05. The van der Waals surface area contributed by atoms with E-state index in [1.807, 2.05) is 0 Å². The summed E-state index contributed by atoms with van der Waals surface area (Å²) in [5.41, 5.74) is 1.60. The van der Waals surface area contributed by atoms with Gasteiger partial charge >= 0.3 is 0 Å². The Hall–Kier alpha value is -3.59. The molecule has 1 aliphatic heterocycles. The highest BCUT2D eigenvalue weighted by molar-refractivity contribution is 7.91. The molecule has 35 heavy (non-hydrogen) atoms. The number of rotatable bonds is 7. The van der Waals surface area contributed by atoms with Gasteiger partial charge in [0.2, 0.25) is 22.5 Å². The summed E-state index contributed by atoms with van der Waals surface area (Å²) in [4.78, 5) is 25.8. The van der Waals surface area contributed by atoms with Crippen molar-refractivity contribution in [2.24, 2.45) is 5.92 Å². The number of fused-ring (bicyclic) bond motifs is 1. The van der Waals surface area contributed by atoms with Crippen LogP contribution in [0.15, 0.2) is 63.1 Å². The maximum atomic E-state index is 13.4. The first-order valence-corrected chi connectivity index (χ1v) is 12.8. The summed E-state index contributed by atoms with van der Waals surface area (Å²) in [7, 11) is -4.08. The maximum Gasteiger partial charge on any atom is 0.270 e. The Kier molecular flexibility index (Phi) is 6.71. The molecule has 0 saturated carbocycles. The van der Waals surface area contributed by atoms with E-state index in [0.29, 0.717) is 34.4 Å². The summed E-state index contributed by atoms with van der Waals surface area (Å²) in [6, 6.07) is 13.2. The zero-order valence-corrected chi connectivity index (χ0v) is 20.9. The molecule has 4 rings (SSSR count). The van der Waals surface area contributed by atoms with E-state index in [4.69, 9.17) is 9.47 Å². The van der Waals surface area contributed by atoms with Crippen LogP contribution in [0.25, 0.3) is 0 Å². The minimum absolute atomic E-state index is 0.0467. The van der Waals surface area contributed by atoms with Crippen molar-refractivity contribution in [2.45, 2.75) is 50.5 Å². The first kappa shape index (κ1) is 24.5. The van der Waals surface area contributed by atoms with Crippen LogP contribution in [0.5, 0.6) is 11.5 Å². The number of anilines is 1. The Balaban J connectivity index is 1.62. The highest BCUT2D eigenvalue weighted by Gasteiger charge is 2.26. The Morgan fingerprint density at radius 2 is 1.71 bits per heavy atom. The average molecular weight is 497 g/mol. The monoisotopic (exact) mass is 496 g/mol. The third-order valence-electron chi connectivity index (χ3n) is 5.75. The molecule has 1 aliphatic rings. The Bertz CT molecular complexity index is 1440. The predicted octanol–water partition coefficient (Wildman–Crippen LogP) is 3.86. The number of aryl methyl sites for hydroxylation is 2. The van der Waals surface area contributed by atoms with Crippen molar-refractivity contribution >= 4 is 21.4 Å². The van der Waals surface area contributed by atoms with Crippen molar-refractivity contribution in [3.8, 4) is 11.5 Å². The smallest absolute Gasteiger partial charge is 0.270 e. The number of carbonyl (C=O) groups is 1. The molecule has 0 unspecified atom stereocenters. The van der Waals surface area contributed by atoms with Crippen molar-refractivity contribution in [1.29, 1.82) is 0 Å². The van der Waals surface area contributed by atoms with Gasteiger partial charge in [-0.3, -0.25) is 9.59 Å². The highest BCUT2D eigenvalue weighted by atomic mass is 32.2. The quantitative estimate of drug-likeness (QED) is 0.533. The Morgan fingerprint density at radius 3 is 2.40 bits per heavy atom. The van der Waals surface area contributed by atoms with Crippen LogP contribution in [0.3, 0.4) is 0 Å². The molecule has 9 heteroatoms. The van der Waals surface area contributed by atoms with E-state index in [-0.39, 0.29) is 23.1 Å². The number of aromatic nitrogens is 1. The second-order valence-corrected chi connectivity index (χ2v) is 10.9. The van der Waals surface area contributed by atoms with E-state index in [1.54, 1.807) is 50.2 Å². The van der Waals surface area contributed by atoms with E-state index in [9.17, 15) is 18.0 Å². The van der Waals surface area contributed by atoms with Gasteiger partial charge < -0.3 is 19.4 Å². The molecule has 1 aromatic heterocycles. The van der Waals surface area contributed by atoms with Crippen molar-refractivity contribution in [1.82, 2.24) is 4.57 Å². The molecule has 0 fully saturated rings. The average Bonchev–Trinajstić information content (AvgIpc) is 3.24. The summed E-state index contributed by atoms with van der Waals surface area (Å²) in [6.45, 7) is 7.21. The fourth-order valence-corrected chi connectivity index (χ4v) is 5.70. The first-order valence-electron chi connectivity index (χ1n) is 11.3. The van der Waals surface area contributed by atoms with E-state index in [0.717, 1.165) is 12.0 Å². The van der Waals surface area contributed by atoms with Crippen molar-refractivity contribution in [3.63, 3.8) is 0 Å². The predicted molar refractivity (Wildman–Crippen MR) is 132 cm³/mol. The van der Waals surface area contributed by atoms with Gasteiger partial charge in [0.15, 0.2) is 11.5 Å². The summed E-state index contributed by atoms with van der Waals surface area (Å²) in [6.07, 6.45) is 0.829. The Morgan fingerprint density at radius 1 is 1.03 bits per heavy atom. The number of ether oxygens (including phenoxy) is 2. The van der Waals surface area contributed by atoms with Gasteiger partial charge in [0, 0.05) is 17.4 Å². The molecule has 0 spiro atoms. The van der Waals surface area contributed by atoms with Crippen LogP contribution in [0.1, 0.15) is 30.7 Å². The fraction of sp³-hybridized carbons (Fsp3) is 0.308. The lowest BCUT2D eigenvalue weighted by molar-refractivity contribution is -0.116. The molecule has 8 nitrogen and oxygen atoms in total. The molecule has 2 aromatic carbocycles. The van der Waals surface area contributed by atoms with Crippen molar-refractivity contribution < 1.29 is 22.7 Å². The fourth-order valence-electron chi connectivity index (χ4n) is 4.14. The van der Waals surface area contributed by atoms with E-state index in [1.165, 1.54) is 16.7 Å². The normalized spacial score (nSPS) is 12.7. The van der Waals surface area contributed by atoms with Crippen LogP contribution in [0, 0.1) is 19.8 Å². The summed E-state index contributed by atoms with van der Waals surface area (Å²) in [5.74, 6) is 1.06. The molecule has 1 N–H and O–H groups in total. The number of pyridine rings is 1. The standard InChI is InChI=1S/C26H28N2O6S/c1-16(2)11-19-5-8-21(9-6-19)35(31,32)25-17(3)12-18(4)28(26(25)30)14-24(29)27-20-7-10-22-23(13-20)34-15-33-22/h5-10,12-13,16H,11,14-15H2,1-4H3,(H,27,29). The lowest BCUT2D eigenvalue weighted by atomic mass is 10.0. The number of carbonyl (C=O) groups excluding carboxylic acids is 1. The zero-order valence-electron chi connectivity index (χ0n) is 20.1. The minimum Gasteiger partial charge on any atom is -0.454 e. The van der Waals surface area contributed by atoms with Crippen LogP contribution in [-0.4, -0.2) is 25.7 Å². The molecule has 1 amide bonds. The lowest BCUT2D eigenvalue weighted by Gasteiger charge is -2.15. The zero-order chi connectivity index (χ0) is 25.3. The molecule has 2 heterocycles. The van der Waals surface area contributed by atoms with Crippen LogP contribution < -0.4 is 20.3 Å². The number of hydrogen-bond donors (Lipinski definition) is 1. The molecule has 0 radical (unpaired) electrons. The van der Waals surface area contributed by atoms with Crippen LogP contribution in [0.4, 0.5) is 5.69 Å². The lowest BCUT2D eigenvalue weighted by Crippen LogP contribution is -2.33. The topological polar surface area (TPSA) is 104 Å². The summed E-state index contributed by atoms with van der Waals surface area (Å²) >= 11 is 0. The number of amides is 1. The molecular formula is C26H28N2O6S. The molecular weight excluding hydrogens is 468 g/mol. The molecule has 0 bridgehead atoms. The third kappa shape index (κ3) is 5.09. The van der Waals surface area contributed by atoms with Crippen LogP contribution in [0.2, 0.25) is 0 Å². The van der Waals surface area contributed by atoms with Crippen molar-refractivity contribution in [3.05, 3.63) is 75.7 Å². The maximum absolute atomic E-state index is 13.4. The van der Waals surface area contributed by atoms with Crippen molar-refractivity contribution in [2.75, 3.05) is 12.1 Å². The minimum atomic E-state index is -4.08. The third-order valence-corrected chi connectivity index (χ3v) is 7.68. The van der Waals surface area contributed by atoms with Crippen LogP contribution >= 0.6 is 0 Å². The molecule has 0 aliphatic carbocycles. The number of benzene rings is 2. The number of nitrogens with one attached hydrogen (secondary N) is 1. The second kappa shape index (κ2) is 9.58. The van der Waals surface area contributed by atoms with Gasteiger partial charge in [0.1, 0.15) is 11.4 Å². The SMILES string of the molecule is Cc1cc(C)n(CC(=O)Nc2ccc3c(c2)OCO3)c(=O)c1S(=O)(=O)c1ccc(CC(C)C)cc1. The molecule has 3 aromatic rings. The number of hydrogen-bond acceptors (Lipinski definition) is 6. The van der Waals surface area contributed by atoms with Gasteiger partial charge in [0.05, 0.1) is 4.90 Å². The van der Waals surface area contributed by atoms with Gasteiger partial charge in [-0.25, -0.2) is 8.42 Å². The Labute approximate surface area is 204 Å². The summed E-state index contributed by atoms with van der Waals surface area (Å²) < 4.78 is 38.6. The first-order chi connectivity index (χ1) is 16.6. The van der Waals surface area contributed by atoms with Crippen LogP contribution in [-0.2, 0) is 27.6 Å². The van der Waals surface area contributed by atoms with Gasteiger partial charge in [-0.2, -0.15) is 0 Å². The molecule has 184 valence electrons. The van der Waals surface area contributed by atoms with Gasteiger partial charge in [0.25, 0.3) is 5.56 Å². The largest absolute Gasteiger partial charge is 0.454 e. The highest BCUT2D eigenvalue weighted by Crippen LogP contribution is 2.34. The van der Waals surface area contributed by atoms with E-state index in [2.05, 4.69) is 19.2 Å². The number of sulfone groups is 1. The molecule has 0 saturated heterocycles. The van der Waals surface area contributed by atoms with Gasteiger partial charge in [-0.05, 0) is 67.6 Å². The van der Waals surface area contributed by atoms with E-state index >= 15 is 0 Å². The van der Waals surface area contributed by atoms with E-state index < -0.39 is 21.3 Å². The van der Waals surface area contributed by atoms with Gasteiger partial charge in [-0.1, -0.05) is 26.0 Å². The molecule has 0 atom stereocenters. The number of nitrogens with zero attached hydrogens (tertiary/aromatic N) is 1. The van der Waals surface area contributed by atoms with Gasteiger partial charge in [-0.15, -0.1) is 0 Å².